The Labute approximate surface area is 164 Å². The summed E-state index contributed by atoms with van der Waals surface area (Å²) in [4.78, 5) is 23.8. The number of esters is 1. The number of hydrogen-bond acceptors (Lipinski definition) is 6. The molecule has 0 radical (unpaired) electrons. The van der Waals surface area contributed by atoms with Crippen LogP contribution in [0.1, 0.15) is 24.9 Å². The lowest BCUT2D eigenvalue weighted by Gasteiger charge is -2.17. The van der Waals surface area contributed by atoms with E-state index < -0.39 is 5.97 Å². The zero-order valence-corrected chi connectivity index (χ0v) is 16.3. The maximum absolute atomic E-state index is 12.0. The normalized spacial score (nSPS) is 11.2. The van der Waals surface area contributed by atoms with Crippen LogP contribution in [0.3, 0.4) is 0 Å². The van der Waals surface area contributed by atoms with Crippen molar-refractivity contribution in [2.75, 3.05) is 27.4 Å². The molecule has 1 atom stereocenters. The highest BCUT2D eigenvalue weighted by molar-refractivity contribution is 5.80. The Kier molecular flexibility index (Phi) is 8.14. The van der Waals surface area contributed by atoms with E-state index in [1.807, 2.05) is 31.2 Å². The number of para-hydroxylation sites is 1. The molecule has 7 heteroatoms. The van der Waals surface area contributed by atoms with Crippen molar-refractivity contribution < 1.29 is 28.5 Å². The average Bonchev–Trinajstić information content (AvgIpc) is 2.72. The Morgan fingerprint density at radius 2 is 1.64 bits per heavy atom. The summed E-state index contributed by atoms with van der Waals surface area (Å²) in [5.74, 6) is 1.14. The molecule has 0 saturated heterocycles. The minimum absolute atomic E-state index is 0.0430. The average molecular weight is 387 g/mol. The molecule has 1 amide bonds. The highest BCUT2D eigenvalue weighted by Crippen LogP contribution is 2.24. The lowest BCUT2D eigenvalue weighted by molar-refractivity contribution is -0.149. The molecule has 1 N–H and O–H groups in total. The molecule has 2 aromatic rings. The van der Waals surface area contributed by atoms with E-state index in [9.17, 15) is 9.59 Å². The fourth-order valence-electron chi connectivity index (χ4n) is 2.53. The first-order valence-electron chi connectivity index (χ1n) is 8.88. The fraction of sp³-hybridized carbons (Fsp3) is 0.333. The number of amides is 1. The highest BCUT2D eigenvalue weighted by Gasteiger charge is 2.15. The van der Waals surface area contributed by atoms with Gasteiger partial charge in [0.25, 0.3) is 5.91 Å². The van der Waals surface area contributed by atoms with Crippen LogP contribution in [0.25, 0.3) is 0 Å². The van der Waals surface area contributed by atoms with E-state index in [2.05, 4.69) is 5.32 Å². The second-order valence-electron chi connectivity index (χ2n) is 5.97. The van der Waals surface area contributed by atoms with Gasteiger partial charge in [-0.1, -0.05) is 18.2 Å². The van der Waals surface area contributed by atoms with Crippen molar-refractivity contribution in [3.63, 3.8) is 0 Å². The van der Waals surface area contributed by atoms with E-state index in [1.54, 1.807) is 38.5 Å². The van der Waals surface area contributed by atoms with Crippen LogP contribution in [0.4, 0.5) is 0 Å². The maximum Gasteiger partial charge on any atom is 0.309 e. The van der Waals surface area contributed by atoms with Gasteiger partial charge in [0, 0.05) is 5.56 Å². The Hall–Kier alpha value is -3.22. The van der Waals surface area contributed by atoms with Crippen molar-refractivity contribution in [1.29, 1.82) is 0 Å². The fourth-order valence-corrected chi connectivity index (χ4v) is 2.53. The van der Waals surface area contributed by atoms with Crippen LogP contribution in [0.2, 0.25) is 0 Å². The van der Waals surface area contributed by atoms with Gasteiger partial charge in [0.1, 0.15) is 17.2 Å². The summed E-state index contributed by atoms with van der Waals surface area (Å²) in [7, 11) is 3.16. The summed E-state index contributed by atoms with van der Waals surface area (Å²) >= 11 is 0. The summed E-state index contributed by atoms with van der Waals surface area (Å²) in [6.07, 6.45) is 0.0430. The van der Waals surface area contributed by atoms with Gasteiger partial charge >= 0.3 is 5.97 Å². The molecule has 0 heterocycles. The second-order valence-corrected chi connectivity index (χ2v) is 5.97. The second kappa shape index (κ2) is 10.8. The van der Waals surface area contributed by atoms with Gasteiger partial charge in [-0.15, -0.1) is 0 Å². The number of benzene rings is 2. The van der Waals surface area contributed by atoms with Crippen molar-refractivity contribution in [2.45, 2.75) is 19.4 Å². The van der Waals surface area contributed by atoms with Crippen molar-refractivity contribution in [3.05, 3.63) is 54.1 Å². The number of rotatable bonds is 10. The monoisotopic (exact) mass is 387 g/mol. The minimum atomic E-state index is -0.506. The molecule has 2 aromatic carbocycles. The van der Waals surface area contributed by atoms with E-state index in [0.29, 0.717) is 11.5 Å². The lowest BCUT2D eigenvalue weighted by atomic mass is 10.1. The summed E-state index contributed by atoms with van der Waals surface area (Å²) in [5, 5.41) is 2.78. The van der Waals surface area contributed by atoms with Crippen LogP contribution in [0, 0.1) is 0 Å². The third-order valence-corrected chi connectivity index (χ3v) is 3.98. The molecule has 0 fully saturated rings. The molecule has 0 spiro atoms. The number of carbonyl (C=O) groups excluding carboxylic acids is 2. The van der Waals surface area contributed by atoms with Gasteiger partial charge in [-0.2, -0.15) is 0 Å². The van der Waals surface area contributed by atoms with E-state index in [-0.39, 0.29) is 31.6 Å². The predicted octanol–water partition coefficient (Wildman–Crippen LogP) is 2.89. The zero-order valence-electron chi connectivity index (χ0n) is 16.3. The van der Waals surface area contributed by atoms with E-state index >= 15 is 0 Å². The lowest BCUT2D eigenvalue weighted by Crippen LogP contribution is -2.31. The van der Waals surface area contributed by atoms with Gasteiger partial charge in [0.05, 0.1) is 33.3 Å². The molecule has 7 nitrogen and oxygen atoms in total. The summed E-state index contributed by atoms with van der Waals surface area (Å²) in [5.41, 5.74) is 0.845. The number of hydrogen-bond donors (Lipinski definition) is 1. The van der Waals surface area contributed by atoms with Crippen LogP contribution >= 0.6 is 0 Å². The molecular weight excluding hydrogens is 362 g/mol. The molecular formula is C21H25NO6. The van der Waals surface area contributed by atoms with Crippen LogP contribution in [0.15, 0.2) is 48.5 Å². The minimum Gasteiger partial charge on any atom is -0.497 e. The molecule has 0 bridgehead atoms. The summed E-state index contributed by atoms with van der Waals surface area (Å²) in [6, 6.07) is 14.2. The Morgan fingerprint density at radius 3 is 2.32 bits per heavy atom. The Morgan fingerprint density at radius 1 is 0.964 bits per heavy atom. The molecule has 0 aliphatic heterocycles. The van der Waals surface area contributed by atoms with Gasteiger partial charge < -0.3 is 24.3 Å². The smallest absolute Gasteiger partial charge is 0.309 e. The number of carbonyl (C=O) groups is 2. The molecule has 0 saturated carbocycles. The largest absolute Gasteiger partial charge is 0.497 e. The van der Waals surface area contributed by atoms with Crippen LogP contribution in [-0.2, 0) is 14.3 Å². The van der Waals surface area contributed by atoms with Crippen molar-refractivity contribution in [3.8, 4) is 17.2 Å². The van der Waals surface area contributed by atoms with Crippen molar-refractivity contribution in [2.24, 2.45) is 0 Å². The number of nitrogens with one attached hydrogen (secondary N) is 1. The van der Waals surface area contributed by atoms with Crippen molar-refractivity contribution >= 4 is 11.9 Å². The summed E-state index contributed by atoms with van der Waals surface area (Å²) in [6.45, 7) is 1.64. The van der Waals surface area contributed by atoms with Gasteiger partial charge in [-0.3, -0.25) is 9.59 Å². The SMILES string of the molecule is COc1ccc(OCCC(=O)OCC(=O)NC(C)c2ccccc2OC)cc1. The molecule has 28 heavy (non-hydrogen) atoms. The van der Waals surface area contributed by atoms with Crippen LogP contribution in [-0.4, -0.2) is 39.3 Å². The third kappa shape index (κ3) is 6.50. The quantitative estimate of drug-likeness (QED) is 0.631. The van der Waals surface area contributed by atoms with Crippen LogP contribution in [0.5, 0.6) is 17.2 Å². The first kappa shape index (κ1) is 21.1. The van der Waals surface area contributed by atoms with Gasteiger partial charge in [0.2, 0.25) is 0 Å². The number of ether oxygens (including phenoxy) is 4. The van der Waals surface area contributed by atoms with Crippen LogP contribution < -0.4 is 19.5 Å². The standard InChI is InChI=1S/C21H25NO6/c1-15(18-6-4-5-7-19(18)26-3)22-20(23)14-28-21(24)12-13-27-17-10-8-16(25-2)9-11-17/h4-11,15H,12-14H2,1-3H3,(H,22,23). The molecule has 2 rings (SSSR count). The van der Waals surface area contributed by atoms with E-state index in [0.717, 1.165) is 11.3 Å². The predicted molar refractivity (Wildman–Crippen MR) is 104 cm³/mol. The van der Waals surface area contributed by atoms with E-state index in [4.69, 9.17) is 18.9 Å². The number of methoxy groups -OCH3 is 2. The Bertz CT molecular complexity index is 775. The Balaban J connectivity index is 1.69. The van der Waals surface area contributed by atoms with Crippen molar-refractivity contribution in [1.82, 2.24) is 5.32 Å². The molecule has 0 aromatic heterocycles. The zero-order chi connectivity index (χ0) is 20.4. The van der Waals surface area contributed by atoms with Gasteiger partial charge in [0.15, 0.2) is 6.61 Å². The molecule has 0 aliphatic rings. The summed E-state index contributed by atoms with van der Waals surface area (Å²) < 4.78 is 20.8. The topological polar surface area (TPSA) is 83.1 Å². The van der Waals surface area contributed by atoms with E-state index in [1.165, 1.54) is 0 Å². The van der Waals surface area contributed by atoms with Gasteiger partial charge in [-0.05, 0) is 37.3 Å². The highest BCUT2D eigenvalue weighted by atomic mass is 16.5. The first-order valence-corrected chi connectivity index (χ1v) is 8.88. The molecule has 0 aliphatic carbocycles. The third-order valence-electron chi connectivity index (χ3n) is 3.98. The van der Waals surface area contributed by atoms with Gasteiger partial charge in [-0.25, -0.2) is 0 Å². The molecule has 1 unspecified atom stereocenters. The maximum atomic E-state index is 12.0. The molecule has 150 valence electrons. The first-order chi connectivity index (χ1) is 13.5.